The summed E-state index contributed by atoms with van der Waals surface area (Å²) in [6, 6.07) is 0. The van der Waals surface area contributed by atoms with Crippen LogP contribution in [-0.2, 0) is 4.79 Å². The van der Waals surface area contributed by atoms with Gasteiger partial charge in [-0.05, 0) is 20.8 Å². The third-order valence-electron chi connectivity index (χ3n) is 1.18. The van der Waals surface area contributed by atoms with E-state index in [-0.39, 0.29) is 10.7 Å². The van der Waals surface area contributed by atoms with Crippen molar-refractivity contribution in [1.82, 2.24) is 0 Å². The highest BCUT2D eigenvalue weighted by Crippen LogP contribution is 2.25. The maximum atomic E-state index is 10.5. The summed E-state index contributed by atoms with van der Waals surface area (Å²) in [6.07, 6.45) is 0.573. The van der Waals surface area contributed by atoms with Crippen molar-refractivity contribution in [2.75, 3.05) is 5.75 Å². The van der Waals surface area contributed by atoms with Crippen LogP contribution >= 0.6 is 11.8 Å². The highest BCUT2D eigenvalue weighted by molar-refractivity contribution is 8.00. The molecule has 0 heterocycles. The van der Waals surface area contributed by atoms with Crippen molar-refractivity contribution in [1.29, 1.82) is 5.53 Å². The summed E-state index contributed by atoms with van der Waals surface area (Å²) in [5, 5.41) is 3.42. The second-order valence-corrected chi connectivity index (χ2v) is 4.56. The van der Waals surface area contributed by atoms with E-state index in [4.69, 9.17) is 5.53 Å². The van der Waals surface area contributed by atoms with Crippen LogP contribution in [0.3, 0.4) is 0 Å². The molecular weight excluding hydrogens is 160 g/mol. The molecule has 0 atom stereocenters. The first kappa shape index (κ1) is 10.6. The van der Waals surface area contributed by atoms with Crippen molar-refractivity contribution in [2.24, 2.45) is 5.11 Å². The third kappa shape index (κ3) is 6.04. The summed E-state index contributed by atoms with van der Waals surface area (Å²) in [6.45, 7) is 5.31. The maximum Gasteiger partial charge on any atom is 0.130 e. The summed E-state index contributed by atoms with van der Waals surface area (Å²) in [7, 11) is 0. The Morgan fingerprint density at radius 2 is 2.18 bits per heavy atom. The zero-order chi connectivity index (χ0) is 8.91. The average molecular weight is 174 g/mol. The van der Waals surface area contributed by atoms with E-state index in [1.54, 1.807) is 6.92 Å². The molecule has 0 saturated heterocycles. The fourth-order valence-electron chi connectivity index (χ4n) is 0.477. The van der Waals surface area contributed by atoms with Crippen molar-refractivity contribution in [3.63, 3.8) is 0 Å². The Bertz CT molecular complexity index is 157. The molecule has 0 aromatic rings. The topological polar surface area (TPSA) is 53.3 Å². The van der Waals surface area contributed by atoms with E-state index in [1.807, 2.05) is 13.8 Å². The van der Waals surface area contributed by atoms with Crippen LogP contribution in [0.15, 0.2) is 5.11 Å². The SMILES string of the molecule is CC(=O)CCSC(C)(C)N=N. The number of ketones is 1. The predicted molar refractivity (Wildman–Crippen MR) is 47.0 cm³/mol. The molecule has 11 heavy (non-hydrogen) atoms. The lowest BCUT2D eigenvalue weighted by Crippen LogP contribution is -2.10. The molecule has 64 valence electrons. The Kier molecular flexibility index (Phi) is 4.33. The van der Waals surface area contributed by atoms with E-state index >= 15 is 0 Å². The average Bonchev–Trinajstić information content (AvgIpc) is 1.87. The van der Waals surface area contributed by atoms with Gasteiger partial charge in [0.2, 0.25) is 0 Å². The molecule has 0 aliphatic carbocycles. The standard InChI is InChI=1S/C7H14N2OS/c1-6(10)4-5-11-7(2,3)9-8/h8H,4-5H2,1-3H3. The molecular formula is C7H14N2OS. The van der Waals surface area contributed by atoms with Crippen LogP contribution in [0.4, 0.5) is 0 Å². The third-order valence-corrected chi connectivity index (χ3v) is 2.38. The number of Topliss-reactive ketones (excluding diaryl/α,β-unsaturated/α-hetero) is 1. The Morgan fingerprint density at radius 3 is 2.55 bits per heavy atom. The van der Waals surface area contributed by atoms with Crippen LogP contribution in [0.2, 0.25) is 0 Å². The molecule has 0 amide bonds. The molecule has 4 heteroatoms. The van der Waals surface area contributed by atoms with E-state index in [1.165, 1.54) is 11.8 Å². The van der Waals surface area contributed by atoms with Gasteiger partial charge in [0, 0.05) is 12.2 Å². The molecule has 0 bridgehead atoms. The summed E-state index contributed by atoms with van der Waals surface area (Å²) in [4.78, 5) is 10.2. The Labute approximate surface area is 71.5 Å². The number of carbonyl (C=O) groups excluding carboxylic acids is 1. The number of hydrogen-bond acceptors (Lipinski definition) is 4. The van der Waals surface area contributed by atoms with Gasteiger partial charge in [0.15, 0.2) is 0 Å². The second kappa shape index (κ2) is 4.49. The first-order valence-electron chi connectivity index (χ1n) is 3.50. The second-order valence-electron chi connectivity index (χ2n) is 2.86. The molecule has 0 radical (unpaired) electrons. The van der Waals surface area contributed by atoms with Crippen LogP contribution < -0.4 is 0 Å². The fraction of sp³-hybridized carbons (Fsp3) is 0.857. The Morgan fingerprint density at radius 1 is 1.64 bits per heavy atom. The summed E-state index contributed by atoms with van der Waals surface area (Å²) >= 11 is 1.53. The lowest BCUT2D eigenvalue weighted by molar-refractivity contribution is -0.116. The minimum atomic E-state index is -0.366. The van der Waals surface area contributed by atoms with Gasteiger partial charge in [-0.25, -0.2) is 5.53 Å². The number of nitrogens with one attached hydrogen (secondary N) is 1. The molecule has 0 aromatic carbocycles. The quantitative estimate of drug-likeness (QED) is 0.651. The Balaban J connectivity index is 3.53. The molecule has 0 saturated carbocycles. The minimum absolute atomic E-state index is 0.193. The number of carbonyl (C=O) groups is 1. The largest absolute Gasteiger partial charge is 0.300 e. The highest BCUT2D eigenvalue weighted by atomic mass is 32.2. The molecule has 0 unspecified atom stereocenters. The van der Waals surface area contributed by atoms with Gasteiger partial charge in [-0.1, -0.05) is 0 Å². The molecule has 0 aromatic heterocycles. The number of thioether (sulfide) groups is 1. The number of nitrogens with zero attached hydrogens (tertiary/aromatic N) is 1. The fourth-order valence-corrected chi connectivity index (χ4v) is 1.43. The molecule has 1 N–H and O–H groups in total. The lowest BCUT2D eigenvalue weighted by atomic mass is 10.4. The zero-order valence-electron chi connectivity index (χ0n) is 7.18. The van der Waals surface area contributed by atoms with Crippen molar-refractivity contribution >= 4 is 17.5 Å². The predicted octanol–water partition coefficient (Wildman–Crippen LogP) is 2.47. The van der Waals surface area contributed by atoms with E-state index in [2.05, 4.69) is 5.11 Å². The van der Waals surface area contributed by atoms with E-state index in [9.17, 15) is 4.79 Å². The lowest BCUT2D eigenvalue weighted by Gasteiger charge is -2.15. The molecule has 3 nitrogen and oxygen atoms in total. The van der Waals surface area contributed by atoms with Gasteiger partial charge >= 0.3 is 0 Å². The van der Waals surface area contributed by atoms with Gasteiger partial charge < -0.3 is 0 Å². The Hall–Kier alpha value is -0.380. The zero-order valence-corrected chi connectivity index (χ0v) is 7.99. The molecule has 0 aliphatic rings. The van der Waals surface area contributed by atoms with Crippen LogP contribution in [0.1, 0.15) is 27.2 Å². The van der Waals surface area contributed by atoms with Gasteiger partial charge in [-0.3, -0.25) is 4.79 Å². The maximum absolute atomic E-state index is 10.5. The summed E-state index contributed by atoms with van der Waals surface area (Å²) in [5.74, 6) is 0.948. The van der Waals surface area contributed by atoms with Crippen LogP contribution in [0.5, 0.6) is 0 Å². The van der Waals surface area contributed by atoms with E-state index < -0.39 is 0 Å². The van der Waals surface area contributed by atoms with Gasteiger partial charge in [0.05, 0.1) is 0 Å². The van der Waals surface area contributed by atoms with Crippen molar-refractivity contribution in [3.8, 4) is 0 Å². The van der Waals surface area contributed by atoms with E-state index in [0.29, 0.717) is 6.42 Å². The molecule has 0 spiro atoms. The number of hydrogen-bond donors (Lipinski definition) is 1. The first-order chi connectivity index (χ1) is 4.98. The first-order valence-corrected chi connectivity index (χ1v) is 4.48. The highest BCUT2D eigenvalue weighted by Gasteiger charge is 2.15. The normalized spacial score (nSPS) is 11.2. The molecule has 0 aliphatic heterocycles. The van der Waals surface area contributed by atoms with Gasteiger partial charge in [0.1, 0.15) is 10.7 Å². The summed E-state index contributed by atoms with van der Waals surface area (Å²) in [5.41, 5.74) is 6.81. The van der Waals surface area contributed by atoms with Crippen molar-refractivity contribution in [2.45, 2.75) is 32.1 Å². The van der Waals surface area contributed by atoms with Crippen molar-refractivity contribution < 1.29 is 4.79 Å². The van der Waals surface area contributed by atoms with Gasteiger partial charge in [-0.2, -0.15) is 5.11 Å². The number of rotatable bonds is 5. The van der Waals surface area contributed by atoms with Gasteiger partial charge in [-0.15, -0.1) is 11.8 Å². The minimum Gasteiger partial charge on any atom is -0.300 e. The van der Waals surface area contributed by atoms with Crippen molar-refractivity contribution in [3.05, 3.63) is 0 Å². The van der Waals surface area contributed by atoms with Crippen LogP contribution in [-0.4, -0.2) is 16.4 Å². The molecule has 0 fully saturated rings. The smallest absolute Gasteiger partial charge is 0.130 e. The summed E-state index contributed by atoms with van der Waals surface area (Å²) < 4.78 is 0. The van der Waals surface area contributed by atoms with Crippen LogP contribution in [0.25, 0.3) is 0 Å². The molecule has 0 rings (SSSR count). The monoisotopic (exact) mass is 174 g/mol. The van der Waals surface area contributed by atoms with Gasteiger partial charge in [0.25, 0.3) is 0 Å². The van der Waals surface area contributed by atoms with Crippen LogP contribution in [0, 0.1) is 5.53 Å². The van der Waals surface area contributed by atoms with E-state index in [0.717, 1.165) is 5.75 Å².